The number of esters is 1. The Labute approximate surface area is 165 Å². The Balaban J connectivity index is 1.69. The monoisotopic (exact) mass is 405 g/mol. The average molecular weight is 406 g/mol. The third-order valence-corrected chi connectivity index (χ3v) is 4.22. The summed E-state index contributed by atoms with van der Waals surface area (Å²) in [5, 5.41) is 2.78. The van der Waals surface area contributed by atoms with E-state index < -0.39 is 18.4 Å². The standard InChI is InChI=1S/C19H16ClNO7/c1-25-16-7-11(5-12(20)18(16)26-2)19(24)28-8-14(22)10-3-4-15-13(6-10)21-17(23)9-27-15/h3-7H,8-9H2,1-2H3,(H,21,23). The molecule has 0 spiro atoms. The molecule has 1 heterocycles. The average Bonchev–Trinajstić information content (AvgIpc) is 2.70. The van der Waals surface area contributed by atoms with Crippen LogP contribution in [0.3, 0.4) is 0 Å². The van der Waals surface area contributed by atoms with Crippen molar-refractivity contribution in [1.82, 2.24) is 0 Å². The molecule has 8 nitrogen and oxygen atoms in total. The SMILES string of the molecule is COc1cc(C(=O)OCC(=O)c2ccc3c(c2)NC(=O)CO3)cc(Cl)c1OC. The molecule has 0 aromatic heterocycles. The fourth-order valence-corrected chi connectivity index (χ4v) is 2.88. The summed E-state index contributed by atoms with van der Waals surface area (Å²) in [5.74, 6) is -0.482. The predicted octanol–water partition coefficient (Wildman–Crippen LogP) is 2.73. The Hall–Kier alpha value is -3.26. The summed E-state index contributed by atoms with van der Waals surface area (Å²) in [6.07, 6.45) is 0. The van der Waals surface area contributed by atoms with Crippen LogP contribution in [0.5, 0.6) is 17.2 Å². The van der Waals surface area contributed by atoms with E-state index in [4.69, 9.17) is 30.5 Å². The molecule has 0 atom stereocenters. The molecule has 1 N–H and O–H groups in total. The number of halogens is 1. The number of anilines is 1. The Morgan fingerprint density at radius 2 is 1.93 bits per heavy atom. The Kier molecular flexibility index (Phi) is 5.70. The molecule has 0 unspecified atom stereocenters. The zero-order valence-corrected chi connectivity index (χ0v) is 15.8. The third-order valence-electron chi connectivity index (χ3n) is 3.94. The summed E-state index contributed by atoms with van der Waals surface area (Å²) in [4.78, 5) is 36.0. The quantitative estimate of drug-likeness (QED) is 0.582. The van der Waals surface area contributed by atoms with E-state index in [0.717, 1.165) is 0 Å². The van der Waals surface area contributed by atoms with Crippen molar-refractivity contribution in [3.8, 4) is 17.2 Å². The maximum atomic E-state index is 12.3. The van der Waals surface area contributed by atoms with E-state index in [1.807, 2.05) is 0 Å². The molecule has 0 saturated carbocycles. The van der Waals surface area contributed by atoms with Crippen LogP contribution in [0.25, 0.3) is 0 Å². The lowest BCUT2D eigenvalue weighted by atomic mass is 10.1. The van der Waals surface area contributed by atoms with Gasteiger partial charge in [0.15, 0.2) is 30.5 Å². The van der Waals surface area contributed by atoms with Crippen LogP contribution in [-0.2, 0) is 9.53 Å². The summed E-state index contributed by atoms with van der Waals surface area (Å²) in [5.41, 5.74) is 0.768. The van der Waals surface area contributed by atoms with Crippen molar-refractivity contribution in [3.63, 3.8) is 0 Å². The van der Waals surface area contributed by atoms with Crippen molar-refractivity contribution in [2.45, 2.75) is 0 Å². The highest BCUT2D eigenvalue weighted by Crippen LogP contribution is 2.36. The molecule has 146 valence electrons. The van der Waals surface area contributed by atoms with Crippen molar-refractivity contribution in [3.05, 3.63) is 46.5 Å². The number of nitrogens with one attached hydrogen (secondary N) is 1. The molecule has 9 heteroatoms. The molecule has 0 fully saturated rings. The Morgan fingerprint density at radius 3 is 2.64 bits per heavy atom. The number of carbonyl (C=O) groups excluding carboxylic acids is 3. The van der Waals surface area contributed by atoms with Crippen LogP contribution in [0.2, 0.25) is 5.02 Å². The van der Waals surface area contributed by atoms with Crippen molar-refractivity contribution >= 4 is 34.9 Å². The van der Waals surface area contributed by atoms with Gasteiger partial charge in [0.05, 0.1) is 30.5 Å². The van der Waals surface area contributed by atoms with Gasteiger partial charge in [-0.2, -0.15) is 0 Å². The van der Waals surface area contributed by atoms with Gasteiger partial charge in [-0.3, -0.25) is 9.59 Å². The number of rotatable bonds is 6. The summed E-state index contributed by atoms with van der Waals surface area (Å²) in [7, 11) is 2.83. The zero-order valence-electron chi connectivity index (χ0n) is 15.0. The molecule has 28 heavy (non-hydrogen) atoms. The topological polar surface area (TPSA) is 100 Å². The van der Waals surface area contributed by atoms with Gasteiger partial charge < -0.3 is 24.3 Å². The molecule has 0 aliphatic carbocycles. The predicted molar refractivity (Wildman–Crippen MR) is 99.7 cm³/mol. The van der Waals surface area contributed by atoms with Crippen molar-refractivity contribution in [2.24, 2.45) is 0 Å². The molecule has 1 aliphatic rings. The van der Waals surface area contributed by atoms with Crippen LogP contribution in [0.4, 0.5) is 5.69 Å². The van der Waals surface area contributed by atoms with Gasteiger partial charge in [0.2, 0.25) is 0 Å². The van der Waals surface area contributed by atoms with Gasteiger partial charge in [-0.25, -0.2) is 4.79 Å². The molecule has 2 aromatic rings. The number of ketones is 1. The van der Waals surface area contributed by atoms with Gasteiger partial charge in [-0.1, -0.05) is 11.6 Å². The maximum absolute atomic E-state index is 12.3. The largest absolute Gasteiger partial charge is 0.493 e. The highest BCUT2D eigenvalue weighted by molar-refractivity contribution is 6.32. The lowest BCUT2D eigenvalue weighted by molar-refractivity contribution is -0.118. The molecular weight excluding hydrogens is 390 g/mol. The smallest absolute Gasteiger partial charge is 0.338 e. The van der Waals surface area contributed by atoms with E-state index in [-0.39, 0.29) is 40.2 Å². The van der Waals surface area contributed by atoms with Crippen LogP contribution >= 0.6 is 11.6 Å². The fourth-order valence-electron chi connectivity index (χ4n) is 2.59. The molecule has 0 radical (unpaired) electrons. The van der Waals surface area contributed by atoms with E-state index >= 15 is 0 Å². The number of hydrogen-bond donors (Lipinski definition) is 1. The summed E-state index contributed by atoms with van der Waals surface area (Å²) in [6, 6.07) is 7.33. The lowest BCUT2D eigenvalue weighted by Gasteiger charge is -2.18. The van der Waals surface area contributed by atoms with Crippen LogP contribution < -0.4 is 19.5 Å². The number of benzene rings is 2. The minimum atomic E-state index is -0.745. The van der Waals surface area contributed by atoms with Gasteiger partial charge in [0.25, 0.3) is 5.91 Å². The first-order chi connectivity index (χ1) is 13.4. The third kappa shape index (κ3) is 4.01. The van der Waals surface area contributed by atoms with E-state index in [1.165, 1.54) is 38.5 Å². The first-order valence-corrected chi connectivity index (χ1v) is 8.49. The molecule has 0 bridgehead atoms. The van der Waals surface area contributed by atoms with Gasteiger partial charge in [-0.15, -0.1) is 0 Å². The first kappa shape index (κ1) is 19.5. The van der Waals surface area contributed by atoms with E-state index in [1.54, 1.807) is 6.07 Å². The first-order valence-electron chi connectivity index (χ1n) is 8.11. The van der Waals surface area contributed by atoms with Crippen LogP contribution in [0.15, 0.2) is 30.3 Å². The van der Waals surface area contributed by atoms with Crippen LogP contribution in [0.1, 0.15) is 20.7 Å². The highest BCUT2D eigenvalue weighted by Gasteiger charge is 2.20. The van der Waals surface area contributed by atoms with Gasteiger partial charge in [-0.05, 0) is 30.3 Å². The second-order valence-electron chi connectivity index (χ2n) is 5.74. The van der Waals surface area contributed by atoms with Crippen molar-refractivity contribution < 1.29 is 33.3 Å². The normalized spacial score (nSPS) is 12.3. The van der Waals surface area contributed by atoms with Gasteiger partial charge in [0.1, 0.15) is 5.75 Å². The molecule has 1 aliphatic heterocycles. The minimum Gasteiger partial charge on any atom is -0.493 e. The number of amides is 1. The minimum absolute atomic E-state index is 0.0776. The van der Waals surface area contributed by atoms with E-state index in [0.29, 0.717) is 11.4 Å². The second-order valence-corrected chi connectivity index (χ2v) is 6.15. The van der Waals surface area contributed by atoms with Crippen LogP contribution in [-0.4, -0.2) is 45.1 Å². The van der Waals surface area contributed by atoms with E-state index in [9.17, 15) is 14.4 Å². The molecule has 2 aromatic carbocycles. The number of carbonyl (C=O) groups is 3. The highest BCUT2D eigenvalue weighted by atomic mass is 35.5. The summed E-state index contributed by atoms with van der Waals surface area (Å²) >= 11 is 6.07. The number of hydrogen-bond acceptors (Lipinski definition) is 7. The van der Waals surface area contributed by atoms with E-state index in [2.05, 4.69) is 5.32 Å². The molecule has 3 rings (SSSR count). The van der Waals surface area contributed by atoms with Crippen molar-refractivity contribution in [1.29, 1.82) is 0 Å². The molecule has 1 amide bonds. The Bertz CT molecular complexity index is 958. The number of Topliss-reactive ketones (excluding diaryl/α,β-unsaturated/α-hetero) is 1. The number of ether oxygens (including phenoxy) is 4. The summed E-state index contributed by atoms with van der Waals surface area (Å²) < 4.78 is 20.6. The van der Waals surface area contributed by atoms with Crippen molar-refractivity contribution in [2.75, 3.05) is 32.8 Å². The second kappa shape index (κ2) is 8.18. The van der Waals surface area contributed by atoms with Crippen LogP contribution in [0, 0.1) is 0 Å². The lowest BCUT2D eigenvalue weighted by Crippen LogP contribution is -2.25. The molecular formula is C19H16ClNO7. The maximum Gasteiger partial charge on any atom is 0.338 e. The zero-order chi connectivity index (χ0) is 20.3. The molecule has 0 saturated heterocycles. The number of methoxy groups -OCH3 is 2. The Morgan fingerprint density at radius 1 is 1.14 bits per heavy atom. The van der Waals surface area contributed by atoms with Gasteiger partial charge in [0, 0.05) is 5.56 Å². The summed E-state index contributed by atoms with van der Waals surface area (Å²) in [6.45, 7) is -0.565. The fraction of sp³-hybridized carbons (Fsp3) is 0.211. The number of fused-ring (bicyclic) bond motifs is 1. The van der Waals surface area contributed by atoms with Gasteiger partial charge >= 0.3 is 5.97 Å².